The van der Waals surface area contributed by atoms with Gasteiger partial charge in [0.2, 0.25) is 5.91 Å². The minimum Gasteiger partial charge on any atom is -0.341 e. The first-order valence-electron chi connectivity index (χ1n) is 13.8. The zero-order valence-corrected chi connectivity index (χ0v) is 20.7. The lowest BCUT2D eigenvalue weighted by Crippen LogP contribution is -2.49. The van der Waals surface area contributed by atoms with Crippen LogP contribution in [0.3, 0.4) is 0 Å². The highest BCUT2D eigenvalue weighted by Gasteiger charge is 2.73. The molecular formula is C29H43N3O. The van der Waals surface area contributed by atoms with Crippen LogP contribution < -0.4 is 0 Å². The minimum atomic E-state index is -0.114. The van der Waals surface area contributed by atoms with Gasteiger partial charge in [0.1, 0.15) is 0 Å². The van der Waals surface area contributed by atoms with Crippen molar-refractivity contribution in [2.24, 2.45) is 16.7 Å². The molecule has 0 spiro atoms. The second-order valence-corrected chi connectivity index (χ2v) is 12.5. The predicted molar refractivity (Wildman–Crippen MR) is 133 cm³/mol. The summed E-state index contributed by atoms with van der Waals surface area (Å²) < 4.78 is 0. The first-order valence-corrected chi connectivity index (χ1v) is 13.8. The molecular weight excluding hydrogens is 406 g/mol. The Morgan fingerprint density at radius 2 is 1.58 bits per heavy atom. The normalized spacial score (nSPS) is 38.8. The highest BCUT2D eigenvalue weighted by molar-refractivity contribution is 5.85. The fraction of sp³-hybridized carbons (Fsp3) is 0.759. The molecule has 6 aliphatic rings. The number of likely N-dealkylation sites (tertiary alicyclic amines) is 1. The lowest BCUT2D eigenvalue weighted by molar-refractivity contribution is -0.147. The van der Waals surface area contributed by atoms with Gasteiger partial charge >= 0.3 is 0 Å². The smallest absolute Gasteiger partial charge is 0.229 e. The minimum absolute atomic E-state index is 0.114. The van der Waals surface area contributed by atoms with Crippen LogP contribution in [0, 0.1) is 16.7 Å². The quantitative estimate of drug-likeness (QED) is 0.638. The van der Waals surface area contributed by atoms with E-state index in [0.29, 0.717) is 5.91 Å². The van der Waals surface area contributed by atoms with Crippen LogP contribution in [0.15, 0.2) is 30.3 Å². The summed E-state index contributed by atoms with van der Waals surface area (Å²) in [7, 11) is 0. The molecule has 4 aliphatic carbocycles. The Kier molecular flexibility index (Phi) is 5.61. The van der Waals surface area contributed by atoms with Crippen molar-refractivity contribution in [1.29, 1.82) is 0 Å². The zero-order chi connectivity index (χ0) is 22.5. The molecule has 0 radical (unpaired) electrons. The second kappa shape index (κ2) is 8.37. The van der Waals surface area contributed by atoms with E-state index in [1.54, 1.807) is 0 Å². The van der Waals surface area contributed by atoms with Crippen molar-refractivity contribution in [2.45, 2.75) is 70.1 Å². The first kappa shape index (κ1) is 22.1. The van der Waals surface area contributed by atoms with Crippen LogP contribution in [-0.2, 0) is 10.2 Å². The number of amides is 1. The van der Waals surface area contributed by atoms with Gasteiger partial charge in [-0.25, -0.2) is 0 Å². The number of carbonyl (C=O) groups is 1. The van der Waals surface area contributed by atoms with E-state index in [9.17, 15) is 4.79 Å². The van der Waals surface area contributed by atoms with Gasteiger partial charge < -0.3 is 14.7 Å². The molecule has 4 saturated carbocycles. The topological polar surface area (TPSA) is 26.8 Å². The number of nitrogens with zero attached hydrogens (tertiary/aromatic N) is 3. The monoisotopic (exact) mass is 449 g/mol. The Labute approximate surface area is 200 Å². The van der Waals surface area contributed by atoms with Gasteiger partial charge in [-0.2, -0.15) is 0 Å². The van der Waals surface area contributed by atoms with Crippen LogP contribution in [-0.4, -0.2) is 73.0 Å². The molecule has 2 heterocycles. The van der Waals surface area contributed by atoms with Crippen LogP contribution in [0.1, 0.15) is 70.3 Å². The summed E-state index contributed by atoms with van der Waals surface area (Å²) in [5.41, 5.74) is 1.80. The molecule has 1 aromatic rings. The van der Waals surface area contributed by atoms with E-state index in [4.69, 9.17) is 0 Å². The molecule has 4 unspecified atom stereocenters. The van der Waals surface area contributed by atoms with Crippen LogP contribution >= 0.6 is 0 Å². The van der Waals surface area contributed by atoms with E-state index in [1.807, 2.05) is 0 Å². The standard InChI is InChI=1S/C29H43N3O/c1-27-19-24-20-28(22-27,25-9-3-2-4-10-25)23-29(27,21-24)26(33)32-16-8-15-31(17-18-32)14-7-13-30-11-5-6-12-30/h2-4,9-10,24H,5-8,11-23H2,1H3. The van der Waals surface area contributed by atoms with Crippen molar-refractivity contribution in [3.05, 3.63) is 35.9 Å². The third kappa shape index (κ3) is 3.67. The van der Waals surface area contributed by atoms with Gasteiger partial charge in [0, 0.05) is 19.6 Å². The van der Waals surface area contributed by atoms with Crippen molar-refractivity contribution >= 4 is 5.91 Å². The maximum atomic E-state index is 14.3. The van der Waals surface area contributed by atoms with E-state index < -0.39 is 0 Å². The Morgan fingerprint density at radius 1 is 0.848 bits per heavy atom. The Morgan fingerprint density at radius 3 is 2.36 bits per heavy atom. The number of benzene rings is 1. The molecule has 0 N–H and O–H groups in total. The van der Waals surface area contributed by atoms with Gasteiger partial charge in [-0.3, -0.25) is 4.79 Å². The van der Waals surface area contributed by atoms with Gasteiger partial charge in [-0.1, -0.05) is 37.3 Å². The van der Waals surface area contributed by atoms with Crippen LogP contribution in [0.2, 0.25) is 0 Å². The molecule has 0 aromatic heterocycles. The molecule has 33 heavy (non-hydrogen) atoms. The van der Waals surface area contributed by atoms with E-state index in [0.717, 1.165) is 51.4 Å². The maximum absolute atomic E-state index is 14.3. The summed E-state index contributed by atoms with van der Waals surface area (Å²) in [6.07, 6.45) is 11.2. The summed E-state index contributed by atoms with van der Waals surface area (Å²) in [5, 5.41) is 0. The van der Waals surface area contributed by atoms with Gasteiger partial charge in [-0.05, 0) is 113 Å². The van der Waals surface area contributed by atoms with Crippen molar-refractivity contribution in [3.63, 3.8) is 0 Å². The van der Waals surface area contributed by atoms with Gasteiger partial charge in [-0.15, -0.1) is 0 Å². The molecule has 4 heteroatoms. The van der Waals surface area contributed by atoms with Crippen molar-refractivity contribution < 1.29 is 4.79 Å². The van der Waals surface area contributed by atoms with E-state index in [2.05, 4.69) is 52.0 Å². The SMILES string of the molecule is CC12CC3CC(c4ccccc4)(C1)CC2(C(=O)N1CCCN(CCCN2CCCC2)CC1)C3. The fourth-order valence-corrected chi connectivity index (χ4v) is 9.16. The number of rotatable bonds is 6. The molecule has 7 rings (SSSR count). The summed E-state index contributed by atoms with van der Waals surface area (Å²) in [5.74, 6) is 1.25. The Bertz CT molecular complexity index is 867. The predicted octanol–water partition coefficient (Wildman–Crippen LogP) is 4.54. The van der Waals surface area contributed by atoms with Gasteiger partial charge in [0.15, 0.2) is 0 Å². The number of hydrogen-bond acceptors (Lipinski definition) is 3. The largest absolute Gasteiger partial charge is 0.341 e. The molecule has 2 saturated heterocycles. The summed E-state index contributed by atoms with van der Waals surface area (Å²) >= 11 is 0. The molecule has 4 bridgehead atoms. The highest BCUT2D eigenvalue weighted by Crippen LogP contribution is 2.76. The third-order valence-corrected chi connectivity index (χ3v) is 10.4. The average molecular weight is 450 g/mol. The first-order chi connectivity index (χ1) is 16.0. The molecule has 6 fully saturated rings. The molecule has 2 aliphatic heterocycles. The van der Waals surface area contributed by atoms with Crippen molar-refractivity contribution in [3.8, 4) is 0 Å². The summed E-state index contributed by atoms with van der Waals surface area (Å²) in [6, 6.07) is 11.2. The average Bonchev–Trinajstić information content (AvgIpc) is 3.37. The van der Waals surface area contributed by atoms with E-state index in [1.165, 1.54) is 70.3 Å². The van der Waals surface area contributed by atoms with E-state index in [-0.39, 0.29) is 16.2 Å². The molecule has 4 nitrogen and oxygen atoms in total. The van der Waals surface area contributed by atoms with Crippen LogP contribution in [0.4, 0.5) is 0 Å². The Hall–Kier alpha value is -1.39. The molecule has 180 valence electrons. The molecule has 1 amide bonds. The molecule has 4 atom stereocenters. The summed E-state index contributed by atoms with van der Waals surface area (Å²) in [6.45, 7) is 11.6. The van der Waals surface area contributed by atoms with Crippen LogP contribution in [0.25, 0.3) is 0 Å². The van der Waals surface area contributed by atoms with E-state index >= 15 is 0 Å². The Balaban J connectivity index is 1.13. The lowest BCUT2D eigenvalue weighted by Gasteiger charge is -2.42. The third-order valence-electron chi connectivity index (χ3n) is 10.4. The highest BCUT2D eigenvalue weighted by atomic mass is 16.2. The fourth-order valence-electron chi connectivity index (χ4n) is 9.16. The lowest BCUT2D eigenvalue weighted by atomic mass is 9.63. The van der Waals surface area contributed by atoms with Gasteiger partial charge in [0.05, 0.1) is 5.41 Å². The summed E-state index contributed by atoms with van der Waals surface area (Å²) in [4.78, 5) is 21.9. The maximum Gasteiger partial charge on any atom is 0.229 e. The number of carbonyl (C=O) groups excluding carboxylic acids is 1. The second-order valence-electron chi connectivity index (χ2n) is 12.5. The van der Waals surface area contributed by atoms with Crippen molar-refractivity contribution in [1.82, 2.24) is 14.7 Å². The van der Waals surface area contributed by atoms with Crippen molar-refractivity contribution in [2.75, 3.05) is 52.4 Å². The van der Waals surface area contributed by atoms with Gasteiger partial charge in [0.25, 0.3) is 0 Å². The number of hydrogen-bond donors (Lipinski definition) is 0. The zero-order valence-electron chi connectivity index (χ0n) is 20.7. The van der Waals surface area contributed by atoms with Crippen LogP contribution in [0.5, 0.6) is 0 Å². The molecule has 1 aromatic carbocycles.